The molecule has 0 aliphatic rings. The van der Waals surface area contributed by atoms with Crippen LogP contribution in [0.2, 0.25) is 5.02 Å². The van der Waals surface area contributed by atoms with Crippen molar-refractivity contribution in [2.45, 2.75) is 16.7 Å². The molecule has 0 saturated heterocycles. The van der Waals surface area contributed by atoms with Gasteiger partial charge in [-0.1, -0.05) is 35.9 Å². The Bertz CT molecular complexity index is 703. The van der Waals surface area contributed by atoms with Crippen LogP contribution in [0, 0.1) is 6.92 Å². The lowest BCUT2D eigenvalue weighted by Crippen LogP contribution is -2.26. The lowest BCUT2D eigenvalue weighted by atomic mass is 10.2. The Balaban J connectivity index is 1.92. The van der Waals surface area contributed by atoms with E-state index in [-0.39, 0.29) is 9.92 Å². The third kappa shape index (κ3) is 4.74. The second-order valence-electron chi connectivity index (χ2n) is 4.49. The van der Waals surface area contributed by atoms with E-state index >= 15 is 0 Å². The molecule has 2 rings (SSSR count). The van der Waals surface area contributed by atoms with Crippen molar-refractivity contribution in [2.75, 3.05) is 12.3 Å². The van der Waals surface area contributed by atoms with Gasteiger partial charge in [0.15, 0.2) is 0 Å². The highest BCUT2D eigenvalue weighted by Gasteiger charge is 2.17. The monoisotopic (exact) mass is 341 g/mol. The summed E-state index contributed by atoms with van der Waals surface area (Å²) in [5.41, 5.74) is 0.929. The molecule has 0 amide bonds. The molecule has 6 heteroatoms. The highest BCUT2D eigenvalue weighted by atomic mass is 35.5. The molecule has 0 radical (unpaired) electrons. The Kier molecular flexibility index (Phi) is 5.70. The number of halogens is 1. The van der Waals surface area contributed by atoms with Gasteiger partial charge in [0.2, 0.25) is 10.0 Å². The van der Waals surface area contributed by atoms with Gasteiger partial charge in [-0.3, -0.25) is 0 Å². The van der Waals surface area contributed by atoms with Crippen molar-refractivity contribution in [3.05, 3.63) is 59.1 Å². The maximum atomic E-state index is 12.2. The van der Waals surface area contributed by atoms with E-state index < -0.39 is 10.0 Å². The minimum absolute atomic E-state index is 0.125. The Morgan fingerprint density at radius 3 is 2.52 bits per heavy atom. The molecule has 0 aromatic heterocycles. The van der Waals surface area contributed by atoms with Gasteiger partial charge in [0, 0.05) is 17.2 Å². The summed E-state index contributed by atoms with van der Waals surface area (Å²) < 4.78 is 26.9. The third-order valence-corrected chi connectivity index (χ3v) is 5.74. The highest BCUT2D eigenvalue weighted by Crippen LogP contribution is 2.22. The summed E-state index contributed by atoms with van der Waals surface area (Å²) >= 11 is 7.60. The Hall–Kier alpha value is -1.01. The molecule has 1 N–H and O–H groups in total. The number of nitrogens with one attached hydrogen (secondary N) is 1. The zero-order chi connectivity index (χ0) is 15.3. The summed E-state index contributed by atoms with van der Waals surface area (Å²) in [5.74, 6) is 0.659. The molecule has 21 heavy (non-hydrogen) atoms. The summed E-state index contributed by atoms with van der Waals surface area (Å²) in [6.07, 6.45) is 0. The van der Waals surface area contributed by atoms with Crippen LogP contribution >= 0.6 is 23.4 Å². The van der Waals surface area contributed by atoms with Crippen LogP contribution in [0.4, 0.5) is 0 Å². The predicted octanol–water partition coefficient (Wildman–Crippen LogP) is 3.72. The van der Waals surface area contributed by atoms with Crippen molar-refractivity contribution in [2.24, 2.45) is 0 Å². The van der Waals surface area contributed by atoms with Crippen LogP contribution < -0.4 is 4.72 Å². The van der Waals surface area contributed by atoms with Crippen molar-refractivity contribution in [1.29, 1.82) is 0 Å². The standard InChI is InChI=1S/C15H16ClNO2S2/c1-12-7-8-15(14(16)11-12)21(18,19)17-9-10-20-13-5-3-2-4-6-13/h2-8,11,17H,9-10H2,1H3. The number of hydrogen-bond donors (Lipinski definition) is 1. The maximum Gasteiger partial charge on any atom is 0.242 e. The summed E-state index contributed by atoms with van der Waals surface area (Å²) in [4.78, 5) is 1.24. The SMILES string of the molecule is Cc1ccc(S(=O)(=O)NCCSc2ccccc2)c(Cl)c1. The fourth-order valence-corrected chi connectivity index (χ4v) is 4.31. The maximum absolute atomic E-state index is 12.2. The summed E-state index contributed by atoms with van der Waals surface area (Å²) in [5, 5.41) is 0.248. The number of benzene rings is 2. The molecule has 0 aliphatic heterocycles. The van der Waals surface area contributed by atoms with Crippen LogP contribution in [0.15, 0.2) is 58.3 Å². The molecular formula is C15H16ClNO2S2. The van der Waals surface area contributed by atoms with E-state index in [4.69, 9.17) is 11.6 Å². The van der Waals surface area contributed by atoms with Gasteiger partial charge in [-0.2, -0.15) is 0 Å². The molecular weight excluding hydrogens is 326 g/mol. The van der Waals surface area contributed by atoms with Gasteiger partial charge in [-0.15, -0.1) is 11.8 Å². The molecule has 0 unspecified atom stereocenters. The van der Waals surface area contributed by atoms with Gasteiger partial charge >= 0.3 is 0 Å². The highest BCUT2D eigenvalue weighted by molar-refractivity contribution is 7.99. The second-order valence-corrected chi connectivity index (χ2v) is 7.80. The molecule has 2 aromatic carbocycles. The van der Waals surface area contributed by atoms with Crippen molar-refractivity contribution >= 4 is 33.4 Å². The van der Waals surface area contributed by atoms with E-state index in [2.05, 4.69) is 4.72 Å². The number of sulfonamides is 1. The smallest absolute Gasteiger partial charge is 0.210 e. The zero-order valence-corrected chi connectivity index (χ0v) is 13.9. The van der Waals surface area contributed by atoms with Gasteiger partial charge in [0.25, 0.3) is 0 Å². The fraction of sp³-hybridized carbons (Fsp3) is 0.200. The number of aryl methyl sites for hydroxylation is 1. The third-order valence-electron chi connectivity index (χ3n) is 2.78. The first-order chi connectivity index (χ1) is 9.99. The van der Waals surface area contributed by atoms with Crippen LogP contribution in [0.3, 0.4) is 0 Å². The molecule has 0 saturated carbocycles. The zero-order valence-electron chi connectivity index (χ0n) is 11.5. The largest absolute Gasteiger partial charge is 0.242 e. The number of hydrogen-bond acceptors (Lipinski definition) is 3. The molecule has 0 bridgehead atoms. The summed E-state index contributed by atoms with van der Waals surface area (Å²) in [6.45, 7) is 2.22. The normalized spacial score (nSPS) is 11.5. The van der Waals surface area contributed by atoms with E-state index in [0.717, 1.165) is 10.5 Å². The van der Waals surface area contributed by atoms with Gasteiger partial charge in [0.05, 0.1) is 5.02 Å². The summed E-state index contributed by atoms with van der Waals surface area (Å²) in [6, 6.07) is 14.8. The molecule has 0 atom stereocenters. The minimum atomic E-state index is -3.56. The first-order valence-corrected chi connectivity index (χ1v) is 9.27. The van der Waals surface area contributed by atoms with Crippen LogP contribution in [-0.4, -0.2) is 20.7 Å². The molecule has 112 valence electrons. The molecule has 2 aromatic rings. The van der Waals surface area contributed by atoms with Crippen LogP contribution in [0.25, 0.3) is 0 Å². The average Bonchev–Trinajstić information content (AvgIpc) is 2.44. The summed E-state index contributed by atoms with van der Waals surface area (Å²) in [7, 11) is -3.56. The van der Waals surface area contributed by atoms with Gasteiger partial charge in [0.1, 0.15) is 4.90 Å². The first-order valence-electron chi connectivity index (χ1n) is 6.43. The molecule has 0 fully saturated rings. The lowest BCUT2D eigenvalue weighted by molar-refractivity contribution is 0.584. The van der Waals surface area contributed by atoms with Crippen molar-refractivity contribution in [1.82, 2.24) is 4.72 Å². The molecule has 0 spiro atoms. The minimum Gasteiger partial charge on any atom is -0.210 e. The molecule has 0 heterocycles. The van der Waals surface area contributed by atoms with Crippen molar-refractivity contribution < 1.29 is 8.42 Å². The van der Waals surface area contributed by atoms with Crippen LogP contribution in [-0.2, 0) is 10.0 Å². The van der Waals surface area contributed by atoms with E-state index in [1.807, 2.05) is 37.3 Å². The first kappa shape index (κ1) is 16.4. The Morgan fingerprint density at radius 2 is 1.86 bits per heavy atom. The van der Waals surface area contributed by atoms with Gasteiger partial charge < -0.3 is 0 Å². The number of thioether (sulfide) groups is 1. The van der Waals surface area contributed by atoms with Crippen LogP contribution in [0.5, 0.6) is 0 Å². The average molecular weight is 342 g/mol. The van der Waals surface area contributed by atoms with Gasteiger partial charge in [-0.25, -0.2) is 13.1 Å². The molecule has 0 aliphatic carbocycles. The quantitative estimate of drug-likeness (QED) is 0.643. The lowest BCUT2D eigenvalue weighted by Gasteiger charge is -2.08. The predicted molar refractivity (Wildman–Crippen MR) is 88.5 cm³/mol. The van der Waals surface area contributed by atoms with Crippen molar-refractivity contribution in [3.63, 3.8) is 0 Å². The second kappa shape index (κ2) is 7.31. The van der Waals surface area contributed by atoms with E-state index in [0.29, 0.717) is 12.3 Å². The van der Waals surface area contributed by atoms with E-state index in [1.54, 1.807) is 23.9 Å². The Labute approximate surface area is 134 Å². The molecule has 3 nitrogen and oxygen atoms in total. The fourth-order valence-electron chi connectivity index (χ4n) is 1.76. The van der Waals surface area contributed by atoms with E-state index in [1.165, 1.54) is 6.07 Å². The topological polar surface area (TPSA) is 46.2 Å². The van der Waals surface area contributed by atoms with Crippen molar-refractivity contribution in [3.8, 4) is 0 Å². The van der Waals surface area contributed by atoms with E-state index in [9.17, 15) is 8.42 Å². The van der Waals surface area contributed by atoms with Crippen LogP contribution in [0.1, 0.15) is 5.56 Å². The number of rotatable bonds is 6. The van der Waals surface area contributed by atoms with Gasteiger partial charge in [-0.05, 0) is 36.8 Å². The Morgan fingerprint density at radius 1 is 1.14 bits per heavy atom.